The third kappa shape index (κ3) is 2.81. The summed E-state index contributed by atoms with van der Waals surface area (Å²) in [7, 11) is 0. The van der Waals surface area contributed by atoms with E-state index in [0.29, 0.717) is 4.47 Å². The van der Waals surface area contributed by atoms with Gasteiger partial charge in [-0.25, -0.2) is 0 Å². The van der Waals surface area contributed by atoms with Crippen molar-refractivity contribution in [3.8, 4) is 0 Å². The first-order chi connectivity index (χ1) is 5.11. The fraction of sp³-hybridized carbons (Fsp3) is 0. The second-order valence-corrected chi connectivity index (χ2v) is 2.74. The average Bonchev–Trinajstić information content (AvgIpc) is 1.85. The van der Waals surface area contributed by atoms with E-state index in [4.69, 9.17) is 11.5 Å². The van der Waals surface area contributed by atoms with Crippen LogP contribution in [-0.2, 0) is 32.7 Å². The number of nitrogens with zero attached hydrogens (tertiary/aromatic N) is 1. The number of rotatable bonds is 1. The van der Waals surface area contributed by atoms with Gasteiger partial charge in [0.15, 0.2) is 0 Å². The molecular weight excluding hydrogens is 299 g/mol. The minimum atomic E-state index is -0.647. The van der Waals surface area contributed by atoms with Crippen molar-refractivity contribution in [1.29, 1.82) is 0 Å². The van der Waals surface area contributed by atoms with Crippen LogP contribution in [0.4, 0.5) is 5.69 Å². The van der Waals surface area contributed by atoms with E-state index < -0.39 is 5.91 Å². The monoisotopic (exact) mass is 303 g/mol. The van der Waals surface area contributed by atoms with E-state index in [1.54, 1.807) is 0 Å². The second-order valence-electron chi connectivity index (χ2n) is 1.88. The van der Waals surface area contributed by atoms with Gasteiger partial charge in [0.1, 0.15) is 0 Å². The summed E-state index contributed by atoms with van der Waals surface area (Å²) >= 11 is 3.10. The van der Waals surface area contributed by atoms with E-state index in [2.05, 4.69) is 27.1 Å². The Morgan fingerprint density at radius 2 is 2.25 bits per heavy atom. The molecule has 4 N–H and O–H groups in total. The number of primary amides is 1. The summed E-state index contributed by atoms with van der Waals surface area (Å²) in [6.45, 7) is 0. The number of hydrogen-bond acceptors (Lipinski definition) is 3. The summed E-state index contributed by atoms with van der Waals surface area (Å²) in [5.41, 5.74) is 10.7. The number of carbonyl (C=O) groups excluding carboxylic acids is 1. The molecular formula is C6H5BrN3OY-. The molecule has 0 saturated heterocycles. The first-order valence-corrected chi connectivity index (χ1v) is 3.54. The molecule has 4 nitrogen and oxygen atoms in total. The van der Waals surface area contributed by atoms with Gasteiger partial charge in [-0.1, -0.05) is 26.6 Å². The molecule has 0 atom stereocenters. The topological polar surface area (TPSA) is 82.0 Å². The van der Waals surface area contributed by atoms with Gasteiger partial charge in [0, 0.05) is 38.4 Å². The Kier molecular flexibility index (Phi) is 4.89. The fourth-order valence-corrected chi connectivity index (χ4v) is 0.944. The summed E-state index contributed by atoms with van der Waals surface area (Å²) in [6.07, 6.45) is 2.51. The number of halogens is 1. The van der Waals surface area contributed by atoms with Crippen molar-refractivity contribution in [3.63, 3.8) is 0 Å². The molecule has 0 spiro atoms. The van der Waals surface area contributed by atoms with Crippen molar-refractivity contribution in [3.05, 3.63) is 22.4 Å². The molecule has 0 unspecified atom stereocenters. The molecule has 6 heteroatoms. The first kappa shape index (κ1) is 12.0. The van der Waals surface area contributed by atoms with Gasteiger partial charge in [-0.15, -0.1) is 6.07 Å². The Labute approximate surface area is 103 Å². The molecule has 0 saturated carbocycles. The van der Waals surface area contributed by atoms with Crippen LogP contribution in [0, 0.1) is 6.20 Å². The maximum atomic E-state index is 10.6. The van der Waals surface area contributed by atoms with E-state index >= 15 is 0 Å². The van der Waals surface area contributed by atoms with Gasteiger partial charge in [-0.05, 0) is 5.69 Å². The van der Waals surface area contributed by atoms with Gasteiger partial charge >= 0.3 is 0 Å². The van der Waals surface area contributed by atoms with Crippen molar-refractivity contribution in [2.45, 2.75) is 0 Å². The molecule has 0 aliphatic heterocycles. The minimum Gasteiger partial charge on any atom is -0.417 e. The third-order valence-corrected chi connectivity index (χ3v) is 1.47. The van der Waals surface area contributed by atoms with Gasteiger partial charge in [0.05, 0.1) is 0 Å². The van der Waals surface area contributed by atoms with Crippen LogP contribution in [0.5, 0.6) is 0 Å². The van der Waals surface area contributed by atoms with Crippen molar-refractivity contribution < 1.29 is 37.5 Å². The van der Waals surface area contributed by atoms with Crippen LogP contribution in [0.2, 0.25) is 0 Å². The van der Waals surface area contributed by atoms with Gasteiger partial charge in [0.2, 0.25) is 5.91 Å². The SMILES string of the molecule is NC(=O)c1n[c-]c(Br)cc1N.[Y]. The number of nitrogens with two attached hydrogens (primary N) is 2. The van der Waals surface area contributed by atoms with E-state index in [0.717, 1.165) is 0 Å². The van der Waals surface area contributed by atoms with Crippen LogP contribution < -0.4 is 11.5 Å². The normalized spacial score (nSPS) is 8.75. The molecule has 1 heterocycles. The summed E-state index contributed by atoms with van der Waals surface area (Å²) < 4.78 is 0.597. The summed E-state index contributed by atoms with van der Waals surface area (Å²) in [4.78, 5) is 14.2. The van der Waals surface area contributed by atoms with Crippen LogP contribution in [0.1, 0.15) is 10.5 Å². The van der Waals surface area contributed by atoms with Crippen molar-refractivity contribution in [2.24, 2.45) is 5.73 Å². The Morgan fingerprint density at radius 3 is 2.67 bits per heavy atom. The molecule has 1 aromatic heterocycles. The van der Waals surface area contributed by atoms with Crippen LogP contribution in [-0.4, -0.2) is 10.9 Å². The van der Waals surface area contributed by atoms with E-state index in [-0.39, 0.29) is 44.1 Å². The zero-order valence-electron chi connectivity index (χ0n) is 6.04. The molecule has 0 aliphatic carbocycles. The van der Waals surface area contributed by atoms with Crippen molar-refractivity contribution in [2.75, 3.05) is 5.73 Å². The maximum absolute atomic E-state index is 10.6. The number of nitrogen functional groups attached to an aromatic ring is 1. The molecule has 0 aliphatic rings. The van der Waals surface area contributed by atoms with Crippen LogP contribution >= 0.6 is 15.9 Å². The van der Waals surface area contributed by atoms with E-state index in [1.807, 2.05) is 0 Å². The number of carbonyl (C=O) groups is 1. The van der Waals surface area contributed by atoms with Crippen molar-refractivity contribution >= 4 is 27.5 Å². The number of pyridine rings is 1. The Morgan fingerprint density at radius 1 is 1.67 bits per heavy atom. The minimum absolute atomic E-state index is 0. The number of hydrogen-bond donors (Lipinski definition) is 2. The molecule has 0 bridgehead atoms. The standard InChI is InChI=1S/C6H5BrN3O.Y/c7-3-1-4(8)5(6(9)11)10-2-3;/h1H,8H2,(H2,9,11);/q-1;. The summed E-state index contributed by atoms with van der Waals surface area (Å²) in [5, 5.41) is 0. The largest absolute Gasteiger partial charge is 0.417 e. The van der Waals surface area contributed by atoms with Crippen LogP contribution in [0.15, 0.2) is 10.5 Å². The maximum Gasteiger partial charge on any atom is 0.212 e. The Hall–Kier alpha value is 0.00390. The number of anilines is 1. The van der Waals surface area contributed by atoms with E-state index in [9.17, 15) is 4.79 Å². The van der Waals surface area contributed by atoms with Crippen LogP contribution in [0.25, 0.3) is 0 Å². The van der Waals surface area contributed by atoms with Gasteiger partial charge in [0.25, 0.3) is 0 Å². The predicted molar refractivity (Wildman–Crippen MR) is 43.7 cm³/mol. The molecule has 1 amide bonds. The zero-order valence-corrected chi connectivity index (χ0v) is 10.5. The fourth-order valence-electron chi connectivity index (χ4n) is 0.608. The predicted octanol–water partition coefficient (Wildman–Crippen LogP) is 0.323. The van der Waals surface area contributed by atoms with Crippen LogP contribution in [0.3, 0.4) is 0 Å². The molecule has 0 aromatic carbocycles. The molecule has 1 aromatic rings. The molecule has 1 rings (SSSR count). The molecule has 1 radical (unpaired) electrons. The van der Waals surface area contributed by atoms with E-state index in [1.165, 1.54) is 6.07 Å². The Balaban J connectivity index is 0.00000121. The molecule has 12 heavy (non-hydrogen) atoms. The summed E-state index contributed by atoms with van der Waals surface area (Å²) in [5.74, 6) is -0.647. The first-order valence-electron chi connectivity index (χ1n) is 2.75. The smallest absolute Gasteiger partial charge is 0.212 e. The van der Waals surface area contributed by atoms with Gasteiger partial charge in [-0.3, -0.25) is 4.79 Å². The van der Waals surface area contributed by atoms with Gasteiger partial charge in [-0.2, -0.15) is 0 Å². The quantitative estimate of drug-likeness (QED) is 0.733. The average molecular weight is 304 g/mol. The second kappa shape index (κ2) is 4.89. The summed E-state index contributed by atoms with van der Waals surface area (Å²) in [6, 6.07) is 1.52. The number of amides is 1. The third-order valence-electron chi connectivity index (χ3n) is 1.06. The Bertz CT molecular complexity index is 305. The molecule has 61 valence electrons. The number of aromatic nitrogens is 1. The zero-order chi connectivity index (χ0) is 8.43. The van der Waals surface area contributed by atoms with Crippen molar-refractivity contribution in [1.82, 2.24) is 4.98 Å². The van der Waals surface area contributed by atoms with Gasteiger partial charge < -0.3 is 16.5 Å². The molecule has 0 fully saturated rings.